The second-order valence-corrected chi connectivity index (χ2v) is 4.61. The first-order valence-corrected chi connectivity index (χ1v) is 5.80. The molecule has 2 nitrogen and oxygen atoms in total. The summed E-state index contributed by atoms with van der Waals surface area (Å²) in [6, 6.07) is 7.49. The lowest BCUT2D eigenvalue weighted by molar-refractivity contribution is -0.0768. The van der Waals surface area contributed by atoms with Crippen molar-refractivity contribution in [3.05, 3.63) is 35.4 Å². The molecule has 1 aromatic carbocycles. The number of fused-ring (bicyclic) bond motifs is 1. The lowest BCUT2D eigenvalue weighted by Gasteiger charge is -2.28. The molecule has 1 aliphatic heterocycles. The van der Waals surface area contributed by atoms with Crippen LogP contribution in [0.2, 0.25) is 0 Å². The predicted octanol–water partition coefficient (Wildman–Crippen LogP) is 2.88. The van der Waals surface area contributed by atoms with Crippen LogP contribution in [0.3, 0.4) is 0 Å². The third-order valence-electron chi connectivity index (χ3n) is 2.91. The number of halogens is 3. The van der Waals surface area contributed by atoms with Crippen molar-refractivity contribution in [2.75, 3.05) is 6.61 Å². The Morgan fingerprint density at radius 3 is 2.88 bits per heavy atom. The predicted molar refractivity (Wildman–Crippen MR) is 60.3 cm³/mol. The summed E-state index contributed by atoms with van der Waals surface area (Å²) >= 11 is 4.79. The quantitative estimate of drug-likeness (QED) is 0.849. The molecule has 1 heterocycles. The van der Waals surface area contributed by atoms with E-state index in [2.05, 4.69) is 0 Å². The lowest BCUT2D eigenvalue weighted by Crippen LogP contribution is -2.31. The van der Waals surface area contributed by atoms with Crippen molar-refractivity contribution >= 4 is 11.6 Å². The van der Waals surface area contributed by atoms with Crippen LogP contribution in [0.15, 0.2) is 24.3 Å². The van der Waals surface area contributed by atoms with Gasteiger partial charge in [0.05, 0.1) is 12.7 Å². The van der Waals surface area contributed by atoms with Crippen molar-refractivity contribution in [2.45, 2.75) is 30.4 Å². The first kappa shape index (κ1) is 12.7. The van der Waals surface area contributed by atoms with Crippen molar-refractivity contribution in [3.63, 3.8) is 0 Å². The van der Waals surface area contributed by atoms with Crippen LogP contribution in [0.5, 0.6) is 0 Å². The van der Waals surface area contributed by atoms with E-state index < -0.39 is 17.6 Å². The number of aliphatic hydroxyl groups excluding tert-OH is 1. The van der Waals surface area contributed by atoms with Crippen LogP contribution in [0, 0.1) is 0 Å². The molecule has 0 radical (unpaired) electrons. The van der Waals surface area contributed by atoms with E-state index in [-0.39, 0.29) is 6.42 Å². The summed E-state index contributed by atoms with van der Waals surface area (Å²) in [4.78, 5) is 0. The number of aliphatic hydroxyl groups is 1. The van der Waals surface area contributed by atoms with Gasteiger partial charge < -0.3 is 9.84 Å². The van der Waals surface area contributed by atoms with Gasteiger partial charge in [-0.05, 0) is 29.1 Å². The van der Waals surface area contributed by atoms with Crippen LogP contribution in [-0.4, -0.2) is 23.2 Å². The van der Waals surface area contributed by atoms with Gasteiger partial charge in [-0.2, -0.15) is 8.78 Å². The average Bonchev–Trinajstić information content (AvgIpc) is 2.28. The van der Waals surface area contributed by atoms with Gasteiger partial charge in [0.15, 0.2) is 0 Å². The summed E-state index contributed by atoms with van der Waals surface area (Å²) in [5.41, 5.74) is 1.94. The molecule has 2 unspecified atom stereocenters. The van der Waals surface area contributed by atoms with Gasteiger partial charge >= 0.3 is 5.38 Å². The Hall–Kier alpha value is -0.710. The normalized spacial score (nSPS) is 22.0. The maximum atomic E-state index is 12.7. The fourth-order valence-corrected chi connectivity index (χ4v) is 2.10. The molecule has 0 aromatic heterocycles. The van der Waals surface area contributed by atoms with Crippen molar-refractivity contribution in [1.29, 1.82) is 0 Å². The van der Waals surface area contributed by atoms with Crippen molar-refractivity contribution in [2.24, 2.45) is 0 Å². The van der Waals surface area contributed by atoms with Crippen LogP contribution in [0.25, 0.3) is 0 Å². The second-order valence-electron chi connectivity index (χ2n) is 4.10. The van der Waals surface area contributed by atoms with Gasteiger partial charge in [0.2, 0.25) is 0 Å². The molecule has 1 aliphatic rings. The molecule has 1 N–H and O–H groups in total. The van der Waals surface area contributed by atoms with E-state index >= 15 is 0 Å². The van der Waals surface area contributed by atoms with Gasteiger partial charge in [0, 0.05) is 6.42 Å². The lowest BCUT2D eigenvalue weighted by atomic mass is 9.94. The highest BCUT2D eigenvalue weighted by Crippen LogP contribution is 2.35. The maximum absolute atomic E-state index is 12.7. The van der Waals surface area contributed by atoms with Crippen LogP contribution in [0.4, 0.5) is 8.78 Å². The Labute approximate surface area is 103 Å². The molecule has 0 saturated carbocycles. The first-order chi connectivity index (χ1) is 7.98. The van der Waals surface area contributed by atoms with E-state index in [1.165, 1.54) is 0 Å². The molecule has 0 saturated heterocycles. The summed E-state index contributed by atoms with van der Waals surface area (Å²) in [7, 11) is 0. The zero-order chi connectivity index (χ0) is 12.5. The van der Waals surface area contributed by atoms with Crippen LogP contribution in [-0.2, 0) is 11.2 Å². The molecule has 1 aromatic rings. The standard InChI is InChI=1S/C12H13ClF2O2/c13-12(14,15)11(16)7-10-9-4-2-1-3-8(9)5-6-17-10/h1-4,10-11,16H,5-7H2. The molecule has 2 rings (SSSR count). The van der Waals surface area contributed by atoms with Crippen molar-refractivity contribution in [1.82, 2.24) is 0 Å². The Morgan fingerprint density at radius 1 is 1.47 bits per heavy atom. The summed E-state index contributed by atoms with van der Waals surface area (Å²) in [6.45, 7) is 0.474. The molecular formula is C12H13ClF2O2. The summed E-state index contributed by atoms with van der Waals surface area (Å²) in [6.07, 6.45) is -1.85. The number of ether oxygens (including phenoxy) is 1. The molecule has 2 atom stereocenters. The van der Waals surface area contributed by atoms with E-state index in [1.54, 1.807) is 0 Å². The summed E-state index contributed by atoms with van der Waals surface area (Å²) in [5.74, 6) is 0. The summed E-state index contributed by atoms with van der Waals surface area (Å²) in [5, 5.41) is 5.69. The molecule has 0 bridgehead atoms. The topological polar surface area (TPSA) is 29.5 Å². The highest BCUT2D eigenvalue weighted by Gasteiger charge is 2.38. The Balaban J connectivity index is 2.14. The minimum atomic E-state index is -3.62. The number of hydrogen-bond donors (Lipinski definition) is 1. The minimum absolute atomic E-state index is 0.201. The third-order valence-corrected chi connectivity index (χ3v) is 3.16. The van der Waals surface area contributed by atoms with Gasteiger partial charge in [0.1, 0.15) is 6.10 Å². The van der Waals surface area contributed by atoms with E-state index in [0.29, 0.717) is 6.61 Å². The van der Waals surface area contributed by atoms with Crippen LogP contribution < -0.4 is 0 Å². The van der Waals surface area contributed by atoms with Gasteiger partial charge in [-0.3, -0.25) is 0 Å². The minimum Gasteiger partial charge on any atom is -0.385 e. The smallest absolute Gasteiger partial charge is 0.347 e. The number of benzene rings is 1. The molecular weight excluding hydrogens is 250 g/mol. The molecule has 5 heteroatoms. The Bertz CT molecular complexity index is 392. The SMILES string of the molecule is OC(CC1OCCc2ccccc21)C(F)(F)Cl. The van der Waals surface area contributed by atoms with Crippen LogP contribution in [0.1, 0.15) is 23.7 Å². The molecule has 0 aliphatic carbocycles. The molecule has 0 amide bonds. The number of rotatable bonds is 3. The van der Waals surface area contributed by atoms with Crippen molar-refractivity contribution < 1.29 is 18.6 Å². The van der Waals surface area contributed by atoms with Crippen LogP contribution >= 0.6 is 11.6 Å². The highest BCUT2D eigenvalue weighted by atomic mass is 35.5. The second kappa shape index (κ2) is 4.88. The Kier molecular flexibility index (Phi) is 3.66. The average molecular weight is 263 g/mol. The number of alkyl halides is 3. The van der Waals surface area contributed by atoms with Gasteiger partial charge in [-0.25, -0.2) is 0 Å². The Morgan fingerprint density at radius 2 is 2.18 bits per heavy atom. The van der Waals surface area contributed by atoms with E-state index in [0.717, 1.165) is 17.5 Å². The maximum Gasteiger partial charge on any atom is 0.347 e. The molecule has 94 valence electrons. The monoisotopic (exact) mass is 262 g/mol. The highest BCUT2D eigenvalue weighted by molar-refractivity contribution is 6.22. The zero-order valence-corrected chi connectivity index (χ0v) is 9.83. The van der Waals surface area contributed by atoms with Gasteiger partial charge in [-0.15, -0.1) is 0 Å². The third kappa shape index (κ3) is 2.94. The first-order valence-electron chi connectivity index (χ1n) is 5.42. The van der Waals surface area contributed by atoms with E-state index in [1.807, 2.05) is 24.3 Å². The fourth-order valence-electron chi connectivity index (χ4n) is 2.01. The molecule has 17 heavy (non-hydrogen) atoms. The van der Waals surface area contributed by atoms with E-state index in [4.69, 9.17) is 16.3 Å². The van der Waals surface area contributed by atoms with Crippen molar-refractivity contribution in [3.8, 4) is 0 Å². The fraction of sp³-hybridized carbons (Fsp3) is 0.500. The number of hydrogen-bond acceptors (Lipinski definition) is 2. The largest absolute Gasteiger partial charge is 0.385 e. The van der Waals surface area contributed by atoms with Gasteiger partial charge in [-0.1, -0.05) is 24.3 Å². The molecule has 0 fully saturated rings. The molecule has 0 spiro atoms. The van der Waals surface area contributed by atoms with Gasteiger partial charge in [0.25, 0.3) is 0 Å². The summed E-state index contributed by atoms with van der Waals surface area (Å²) < 4.78 is 30.8. The van der Waals surface area contributed by atoms with E-state index in [9.17, 15) is 13.9 Å². The zero-order valence-electron chi connectivity index (χ0n) is 9.07.